The summed E-state index contributed by atoms with van der Waals surface area (Å²) < 4.78 is 0. The van der Waals surface area contributed by atoms with Crippen molar-refractivity contribution in [3.05, 3.63) is 81.5 Å². The van der Waals surface area contributed by atoms with Crippen molar-refractivity contribution in [1.29, 1.82) is 0 Å². The van der Waals surface area contributed by atoms with Gasteiger partial charge in [0.15, 0.2) is 0 Å². The molecule has 134 valence electrons. The molecule has 1 aliphatic rings. The van der Waals surface area contributed by atoms with E-state index in [0.29, 0.717) is 15.7 Å². The van der Waals surface area contributed by atoms with Crippen LogP contribution in [0.4, 0.5) is 11.4 Å². The zero-order chi connectivity index (χ0) is 18.8. The quantitative estimate of drug-likeness (QED) is 0.592. The van der Waals surface area contributed by atoms with Crippen LogP contribution in [0.5, 0.6) is 0 Å². The number of fused-ring (bicyclic) bond motifs is 1. The van der Waals surface area contributed by atoms with E-state index in [1.165, 1.54) is 11.3 Å². The van der Waals surface area contributed by atoms with Crippen molar-refractivity contribution in [1.82, 2.24) is 5.32 Å². The molecule has 2 heterocycles. The van der Waals surface area contributed by atoms with E-state index in [1.807, 2.05) is 66.9 Å². The second kappa shape index (κ2) is 7.47. The number of hydrogen-bond acceptors (Lipinski definition) is 4. The molecule has 0 spiro atoms. The van der Waals surface area contributed by atoms with E-state index in [2.05, 4.69) is 5.32 Å². The maximum atomic E-state index is 12.7. The molecular formula is C21H16ClN3OS. The molecule has 0 saturated heterocycles. The molecule has 0 bridgehead atoms. The number of para-hydroxylation sites is 2. The van der Waals surface area contributed by atoms with E-state index in [4.69, 9.17) is 21.6 Å². The van der Waals surface area contributed by atoms with Gasteiger partial charge in [-0.2, -0.15) is 0 Å². The van der Waals surface area contributed by atoms with Gasteiger partial charge in [0.05, 0.1) is 22.2 Å². The van der Waals surface area contributed by atoms with Crippen LogP contribution in [0.3, 0.4) is 0 Å². The molecule has 1 aromatic heterocycles. The van der Waals surface area contributed by atoms with Crippen molar-refractivity contribution in [2.45, 2.75) is 12.8 Å². The molecule has 0 saturated carbocycles. The standard InChI is InChI=1S/C21H16ClN3OS/c1-13-19(14-8-10-15(22)11-9-14)20(25-21(26)18-7-4-12-27-18)24-17-6-3-2-5-16(17)23-13/h2-12,19H,1H3,(H,24,25,26)/t19-/m0/s1. The summed E-state index contributed by atoms with van der Waals surface area (Å²) >= 11 is 7.45. The number of amidine groups is 1. The molecule has 4 rings (SSSR count). The summed E-state index contributed by atoms with van der Waals surface area (Å²) in [6.45, 7) is 1.95. The Morgan fingerprint density at radius 3 is 2.37 bits per heavy atom. The van der Waals surface area contributed by atoms with Gasteiger partial charge in [-0.25, -0.2) is 4.99 Å². The summed E-state index contributed by atoms with van der Waals surface area (Å²) in [5.41, 5.74) is 3.34. The van der Waals surface area contributed by atoms with Gasteiger partial charge in [-0.15, -0.1) is 11.3 Å². The number of amides is 1. The van der Waals surface area contributed by atoms with Crippen molar-refractivity contribution >= 4 is 51.8 Å². The molecule has 0 aliphatic carbocycles. The number of benzene rings is 2. The molecule has 4 nitrogen and oxygen atoms in total. The van der Waals surface area contributed by atoms with Crippen LogP contribution in [0, 0.1) is 0 Å². The number of nitrogens with one attached hydrogen (secondary N) is 1. The topological polar surface area (TPSA) is 53.8 Å². The van der Waals surface area contributed by atoms with Crippen molar-refractivity contribution in [3.63, 3.8) is 0 Å². The van der Waals surface area contributed by atoms with Crippen LogP contribution >= 0.6 is 22.9 Å². The van der Waals surface area contributed by atoms with Crippen LogP contribution in [0.25, 0.3) is 0 Å². The number of carbonyl (C=O) groups excluding carboxylic acids is 1. The number of hydrogen-bond donors (Lipinski definition) is 1. The van der Waals surface area contributed by atoms with Gasteiger partial charge >= 0.3 is 0 Å². The van der Waals surface area contributed by atoms with Crippen LogP contribution in [0.15, 0.2) is 76.0 Å². The number of carbonyl (C=O) groups is 1. The highest BCUT2D eigenvalue weighted by Crippen LogP contribution is 2.34. The maximum Gasteiger partial charge on any atom is 0.266 e. The lowest BCUT2D eigenvalue weighted by molar-refractivity contribution is 0.0980. The fourth-order valence-electron chi connectivity index (χ4n) is 3.04. The zero-order valence-corrected chi connectivity index (χ0v) is 16.1. The first kappa shape index (κ1) is 17.6. The second-order valence-electron chi connectivity index (χ2n) is 6.15. The first-order chi connectivity index (χ1) is 13.1. The minimum absolute atomic E-state index is 0.171. The monoisotopic (exact) mass is 393 g/mol. The molecule has 0 radical (unpaired) electrons. The predicted octanol–water partition coefficient (Wildman–Crippen LogP) is 5.75. The lowest BCUT2D eigenvalue weighted by atomic mass is 9.93. The highest BCUT2D eigenvalue weighted by molar-refractivity contribution is 7.12. The van der Waals surface area contributed by atoms with E-state index in [9.17, 15) is 4.79 Å². The van der Waals surface area contributed by atoms with Crippen molar-refractivity contribution < 1.29 is 4.79 Å². The van der Waals surface area contributed by atoms with Crippen LogP contribution in [-0.2, 0) is 0 Å². The van der Waals surface area contributed by atoms with E-state index < -0.39 is 0 Å². The second-order valence-corrected chi connectivity index (χ2v) is 7.54. The molecule has 2 aromatic carbocycles. The van der Waals surface area contributed by atoms with Gasteiger partial charge in [-0.05, 0) is 48.2 Å². The summed E-state index contributed by atoms with van der Waals surface area (Å²) in [5, 5.41) is 5.54. The third kappa shape index (κ3) is 3.70. The van der Waals surface area contributed by atoms with Crippen molar-refractivity contribution in [3.8, 4) is 0 Å². The molecule has 1 aliphatic heterocycles. The average Bonchev–Trinajstić information content (AvgIpc) is 3.15. The van der Waals surface area contributed by atoms with Crippen LogP contribution < -0.4 is 5.32 Å². The third-order valence-electron chi connectivity index (χ3n) is 4.30. The number of halogens is 1. The lowest BCUT2D eigenvalue weighted by Gasteiger charge is -2.19. The van der Waals surface area contributed by atoms with Crippen LogP contribution in [0.1, 0.15) is 28.1 Å². The van der Waals surface area contributed by atoms with E-state index in [0.717, 1.165) is 22.6 Å². The molecule has 1 N–H and O–H groups in total. The average molecular weight is 394 g/mol. The number of aliphatic imine (C=N–C) groups is 2. The van der Waals surface area contributed by atoms with Gasteiger partial charge in [0.2, 0.25) is 0 Å². The zero-order valence-electron chi connectivity index (χ0n) is 14.5. The Hall–Kier alpha value is -2.76. The van der Waals surface area contributed by atoms with Crippen molar-refractivity contribution in [2.24, 2.45) is 9.98 Å². The number of rotatable bonds is 2. The summed E-state index contributed by atoms with van der Waals surface area (Å²) in [6.07, 6.45) is 0. The first-order valence-electron chi connectivity index (χ1n) is 8.45. The fourth-order valence-corrected chi connectivity index (χ4v) is 3.79. The summed E-state index contributed by atoms with van der Waals surface area (Å²) in [7, 11) is 0. The molecule has 6 heteroatoms. The highest BCUT2D eigenvalue weighted by atomic mass is 35.5. The largest absolute Gasteiger partial charge is 0.309 e. The van der Waals surface area contributed by atoms with Gasteiger partial charge in [-0.1, -0.05) is 41.9 Å². The Kier molecular flexibility index (Phi) is 4.88. The van der Waals surface area contributed by atoms with Gasteiger partial charge in [0.25, 0.3) is 5.91 Å². The Bertz CT molecular complexity index is 1040. The van der Waals surface area contributed by atoms with Crippen molar-refractivity contribution in [2.75, 3.05) is 0 Å². The smallest absolute Gasteiger partial charge is 0.266 e. The van der Waals surface area contributed by atoms with Gasteiger partial charge in [0.1, 0.15) is 5.84 Å². The maximum absolute atomic E-state index is 12.7. The highest BCUT2D eigenvalue weighted by Gasteiger charge is 2.27. The molecule has 27 heavy (non-hydrogen) atoms. The SMILES string of the molecule is CC1=Nc2ccccc2N=C(NC(=O)c2cccs2)[C@@H]1c1ccc(Cl)cc1. The summed E-state index contributed by atoms with van der Waals surface area (Å²) in [4.78, 5) is 22.9. The first-order valence-corrected chi connectivity index (χ1v) is 9.71. The third-order valence-corrected chi connectivity index (χ3v) is 5.42. The van der Waals surface area contributed by atoms with Gasteiger partial charge < -0.3 is 5.32 Å². The molecular weight excluding hydrogens is 378 g/mol. The Morgan fingerprint density at radius 2 is 1.70 bits per heavy atom. The normalized spacial score (nSPS) is 16.0. The lowest BCUT2D eigenvalue weighted by Crippen LogP contribution is -2.36. The fraction of sp³-hybridized carbons (Fsp3) is 0.0952. The number of thiophene rings is 1. The van der Waals surface area contributed by atoms with Gasteiger partial charge in [-0.3, -0.25) is 9.79 Å². The van der Waals surface area contributed by atoms with E-state index >= 15 is 0 Å². The minimum Gasteiger partial charge on any atom is -0.309 e. The Balaban J connectivity index is 1.81. The van der Waals surface area contributed by atoms with Crippen LogP contribution in [-0.4, -0.2) is 17.5 Å². The predicted molar refractivity (Wildman–Crippen MR) is 112 cm³/mol. The minimum atomic E-state index is -0.265. The molecule has 1 amide bonds. The molecule has 1 atom stereocenters. The Labute approximate surface area is 166 Å². The number of nitrogens with zero attached hydrogens (tertiary/aromatic N) is 2. The summed E-state index contributed by atoms with van der Waals surface area (Å²) in [5.74, 6) is 0.121. The Morgan fingerprint density at radius 1 is 1.00 bits per heavy atom. The van der Waals surface area contributed by atoms with Crippen LogP contribution in [0.2, 0.25) is 5.02 Å². The molecule has 0 unspecified atom stereocenters. The van der Waals surface area contributed by atoms with E-state index in [-0.39, 0.29) is 11.8 Å². The molecule has 0 fully saturated rings. The summed E-state index contributed by atoms with van der Waals surface area (Å²) in [6, 6.07) is 18.9. The molecule has 3 aromatic rings. The van der Waals surface area contributed by atoms with E-state index in [1.54, 1.807) is 6.07 Å². The van der Waals surface area contributed by atoms with Gasteiger partial charge in [0, 0.05) is 10.7 Å².